The summed E-state index contributed by atoms with van der Waals surface area (Å²) >= 11 is 0. The van der Waals surface area contributed by atoms with Crippen molar-refractivity contribution >= 4 is 21.7 Å². The number of ether oxygens (including phenoxy) is 1. The molecule has 1 aliphatic carbocycles. The lowest BCUT2D eigenvalue weighted by atomic mass is 9.80. The van der Waals surface area contributed by atoms with E-state index in [1.165, 1.54) is 0 Å². The van der Waals surface area contributed by atoms with Crippen molar-refractivity contribution in [1.29, 1.82) is 0 Å². The lowest BCUT2D eigenvalue weighted by molar-refractivity contribution is 0.281. The number of nitrogens with one attached hydrogen (secondary N) is 1. The number of anilines is 1. The Bertz CT molecular complexity index is 973. The zero-order valence-corrected chi connectivity index (χ0v) is 15.2. The van der Waals surface area contributed by atoms with Crippen LogP contribution in [-0.4, -0.2) is 32.6 Å². The average molecular weight is 372 g/mol. The van der Waals surface area contributed by atoms with Gasteiger partial charge in [-0.1, -0.05) is 6.07 Å². The molecule has 1 fully saturated rings. The van der Waals surface area contributed by atoms with Gasteiger partial charge in [-0.2, -0.15) is 0 Å². The zero-order chi connectivity index (χ0) is 18.3. The van der Waals surface area contributed by atoms with Crippen molar-refractivity contribution in [1.82, 2.24) is 0 Å². The Balaban J connectivity index is 1.71. The molecule has 2 atom stereocenters. The number of fused-ring (bicyclic) bond motifs is 3. The van der Waals surface area contributed by atoms with E-state index in [0.29, 0.717) is 17.1 Å². The van der Waals surface area contributed by atoms with Crippen molar-refractivity contribution in [3.63, 3.8) is 0 Å². The second-order valence-corrected chi connectivity index (χ2v) is 8.68. The van der Waals surface area contributed by atoms with E-state index in [2.05, 4.69) is 10.3 Å². The summed E-state index contributed by atoms with van der Waals surface area (Å²) in [4.78, 5) is 4.94. The van der Waals surface area contributed by atoms with Crippen molar-refractivity contribution in [2.75, 3.05) is 18.2 Å². The van der Waals surface area contributed by atoms with Gasteiger partial charge in [0.2, 0.25) is 0 Å². The second-order valence-electron chi connectivity index (χ2n) is 6.57. The molecule has 2 unspecified atom stereocenters. The van der Waals surface area contributed by atoms with Crippen LogP contribution < -0.4 is 10.1 Å². The van der Waals surface area contributed by atoms with Crippen molar-refractivity contribution in [2.45, 2.75) is 13.0 Å². The van der Waals surface area contributed by atoms with Gasteiger partial charge >= 0.3 is 0 Å². The van der Waals surface area contributed by atoms with Crippen molar-refractivity contribution in [3.05, 3.63) is 58.3 Å². The van der Waals surface area contributed by atoms with Gasteiger partial charge in [-0.15, -0.1) is 0 Å². The van der Waals surface area contributed by atoms with Gasteiger partial charge in [-0.3, -0.25) is 4.99 Å². The van der Waals surface area contributed by atoms with Crippen LogP contribution in [0.15, 0.2) is 57.7 Å². The number of benzene rings is 1. The van der Waals surface area contributed by atoms with Gasteiger partial charge in [0.1, 0.15) is 5.75 Å². The molecule has 136 valence electrons. The summed E-state index contributed by atoms with van der Waals surface area (Å²) in [6.07, 6.45) is 7.69. The van der Waals surface area contributed by atoms with E-state index in [1.54, 1.807) is 37.6 Å². The maximum absolute atomic E-state index is 12.3. The summed E-state index contributed by atoms with van der Waals surface area (Å²) in [5.74, 6) is 0.617. The lowest BCUT2D eigenvalue weighted by Gasteiger charge is -2.32. The molecule has 0 bridgehead atoms. The van der Waals surface area contributed by atoms with E-state index >= 15 is 0 Å². The second kappa shape index (κ2) is 6.41. The minimum atomic E-state index is -3.17. The van der Waals surface area contributed by atoms with Gasteiger partial charge in [0.05, 0.1) is 25.2 Å². The van der Waals surface area contributed by atoms with E-state index in [1.807, 2.05) is 12.1 Å². The van der Waals surface area contributed by atoms with Crippen LogP contribution in [0.1, 0.15) is 12.0 Å². The maximum Gasteiger partial charge on any atom is 0.174 e. The summed E-state index contributed by atoms with van der Waals surface area (Å²) in [6.45, 7) is -0.0679. The lowest BCUT2D eigenvalue weighted by Crippen LogP contribution is -2.27. The fourth-order valence-corrected chi connectivity index (χ4v) is 5.63. The number of nitrogens with zero attached hydrogens (tertiary/aromatic N) is 1. The number of allylic oxidation sites excluding steroid dienone is 4. The molecule has 0 aromatic heterocycles. The highest BCUT2D eigenvalue weighted by atomic mass is 32.2. The van der Waals surface area contributed by atoms with Crippen LogP contribution in [0.3, 0.4) is 0 Å². The molecule has 6 nitrogen and oxygen atoms in total. The number of hydrogen-bond donors (Lipinski definition) is 2. The molecule has 7 heteroatoms. The molecule has 0 amide bonds. The van der Waals surface area contributed by atoms with Crippen molar-refractivity contribution in [3.8, 4) is 5.75 Å². The molecule has 2 N–H and O–H groups in total. The molecule has 1 aromatic rings. The normalized spacial score (nSPS) is 25.5. The number of rotatable bonds is 4. The molecule has 0 radical (unpaired) electrons. The Hall–Kier alpha value is -2.38. The first-order chi connectivity index (χ1) is 12.5. The minimum Gasteiger partial charge on any atom is -0.495 e. The highest BCUT2D eigenvalue weighted by Gasteiger charge is 2.44. The third-order valence-electron chi connectivity index (χ3n) is 5.10. The van der Waals surface area contributed by atoms with E-state index < -0.39 is 9.84 Å². The van der Waals surface area contributed by atoms with Crippen LogP contribution in [0.5, 0.6) is 5.75 Å². The highest BCUT2D eigenvalue weighted by molar-refractivity contribution is 7.95. The van der Waals surface area contributed by atoms with Gasteiger partial charge in [-0.05, 0) is 42.3 Å². The predicted octanol–water partition coefficient (Wildman–Crippen LogP) is 2.40. The minimum absolute atomic E-state index is 0.0679. The third kappa shape index (κ3) is 2.77. The molecular weight excluding hydrogens is 352 g/mol. The number of hydrogen-bond acceptors (Lipinski definition) is 6. The monoisotopic (exact) mass is 372 g/mol. The summed E-state index contributed by atoms with van der Waals surface area (Å²) in [5, 5.41) is 12.8. The van der Waals surface area contributed by atoms with Gasteiger partial charge in [0.15, 0.2) is 9.84 Å². The number of aliphatic hydroxyl groups excluding tert-OH is 1. The van der Waals surface area contributed by atoms with Crippen molar-refractivity contribution in [2.24, 2.45) is 16.8 Å². The molecule has 1 aromatic carbocycles. The molecule has 1 saturated heterocycles. The van der Waals surface area contributed by atoms with Gasteiger partial charge < -0.3 is 15.2 Å². The van der Waals surface area contributed by atoms with Crippen molar-refractivity contribution < 1.29 is 18.3 Å². The van der Waals surface area contributed by atoms with Gasteiger partial charge in [-0.25, -0.2) is 8.42 Å². The number of aliphatic imine (C=N–C) groups is 1. The van der Waals surface area contributed by atoms with Crippen LogP contribution >= 0.6 is 0 Å². The average Bonchev–Trinajstić information content (AvgIpc) is 2.96. The summed E-state index contributed by atoms with van der Waals surface area (Å²) < 4.78 is 30.0. The fraction of sp³-hybridized carbons (Fsp3) is 0.316. The Kier molecular flexibility index (Phi) is 4.20. The fourth-order valence-electron chi connectivity index (χ4n) is 3.84. The summed E-state index contributed by atoms with van der Waals surface area (Å²) in [7, 11) is -1.58. The largest absolute Gasteiger partial charge is 0.495 e. The molecule has 26 heavy (non-hydrogen) atoms. The Morgan fingerprint density at radius 2 is 2.15 bits per heavy atom. The predicted molar refractivity (Wildman–Crippen MR) is 101 cm³/mol. The molecule has 4 rings (SSSR count). The third-order valence-corrected chi connectivity index (χ3v) is 7.03. The first-order valence-electron chi connectivity index (χ1n) is 8.47. The highest BCUT2D eigenvalue weighted by Crippen LogP contribution is 2.46. The summed E-state index contributed by atoms with van der Waals surface area (Å²) in [5.41, 5.74) is 3.24. The van der Waals surface area contributed by atoms with Crippen LogP contribution in [0.2, 0.25) is 0 Å². The number of dihydropyridines is 1. The molecule has 2 heterocycles. The first-order valence-corrected chi connectivity index (χ1v) is 10.1. The number of methoxy groups -OCH3 is 1. The van der Waals surface area contributed by atoms with Crippen LogP contribution in [-0.2, 0) is 16.4 Å². The van der Waals surface area contributed by atoms with Gasteiger partial charge in [0.25, 0.3) is 0 Å². The molecule has 3 aliphatic rings. The number of sulfone groups is 1. The quantitative estimate of drug-likeness (QED) is 0.847. The van der Waals surface area contributed by atoms with Gasteiger partial charge in [0, 0.05) is 34.3 Å². The molecular formula is C19H20N2O4S. The smallest absolute Gasteiger partial charge is 0.174 e. The molecule has 0 saturated carbocycles. The summed E-state index contributed by atoms with van der Waals surface area (Å²) in [6, 6.07) is 5.44. The van der Waals surface area contributed by atoms with E-state index in [4.69, 9.17) is 4.74 Å². The van der Waals surface area contributed by atoms with Crippen LogP contribution in [0.25, 0.3) is 0 Å². The molecule has 0 spiro atoms. The van der Waals surface area contributed by atoms with Crippen LogP contribution in [0, 0.1) is 11.8 Å². The topological polar surface area (TPSA) is 88.0 Å². The standard InChI is InChI=1S/C19H20N2O4S/c1-25-17-4-2-12(11-22)10-16(17)21-15-6-8-20-14-3-5-18-13(19(14)15)7-9-26(18,23)24/h2-6,8,10,13,19,21-22H,7,9,11H2,1H3. The van der Waals surface area contributed by atoms with Crippen LogP contribution in [0.4, 0.5) is 5.69 Å². The Morgan fingerprint density at radius 3 is 2.92 bits per heavy atom. The SMILES string of the molecule is COc1ccc(CO)cc1NC1=CC=NC2=CC=C3C(CCS3(=O)=O)C21. The van der Waals surface area contributed by atoms with E-state index in [0.717, 1.165) is 22.6 Å². The Labute approximate surface area is 152 Å². The van der Waals surface area contributed by atoms with E-state index in [-0.39, 0.29) is 24.2 Å². The van der Waals surface area contributed by atoms with E-state index in [9.17, 15) is 13.5 Å². The zero-order valence-electron chi connectivity index (χ0n) is 14.3. The maximum atomic E-state index is 12.3. The Morgan fingerprint density at radius 1 is 1.31 bits per heavy atom. The number of aliphatic hydroxyl groups is 1. The first kappa shape index (κ1) is 17.1. The molecule has 2 aliphatic heterocycles.